The molecule has 0 spiro atoms. The molecule has 1 aliphatic heterocycles. The molecule has 0 aliphatic carbocycles. The minimum Gasteiger partial charge on any atom is -0.394 e. The normalized spacial score (nSPS) is 27.4. The Labute approximate surface area is 100 Å². The molecule has 0 aromatic rings. The van der Waals surface area contributed by atoms with Gasteiger partial charge < -0.3 is 15.7 Å². The predicted molar refractivity (Wildman–Crippen MR) is 68.4 cm³/mol. The largest absolute Gasteiger partial charge is 0.394 e. The standard InChI is InChI=1S/C13H28N2O/c1-12-7-4-3-5-9-15(12)10-6-8-13(2,14)11-16/h12,16H,3-11,14H2,1-2H3. The first-order valence-corrected chi connectivity index (χ1v) is 6.69. The maximum Gasteiger partial charge on any atom is 0.0608 e. The van der Waals surface area contributed by atoms with E-state index in [4.69, 9.17) is 10.8 Å². The van der Waals surface area contributed by atoms with Gasteiger partial charge in [0.25, 0.3) is 0 Å². The van der Waals surface area contributed by atoms with Crippen LogP contribution >= 0.6 is 0 Å². The Balaban J connectivity index is 2.25. The van der Waals surface area contributed by atoms with Crippen molar-refractivity contribution in [3.05, 3.63) is 0 Å². The van der Waals surface area contributed by atoms with Crippen LogP contribution in [0.5, 0.6) is 0 Å². The Hall–Kier alpha value is -0.120. The third-order valence-corrected chi connectivity index (χ3v) is 3.74. The van der Waals surface area contributed by atoms with Crippen molar-refractivity contribution in [1.29, 1.82) is 0 Å². The lowest BCUT2D eigenvalue weighted by Crippen LogP contribution is -2.41. The van der Waals surface area contributed by atoms with Gasteiger partial charge in [0.1, 0.15) is 0 Å². The van der Waals surface area contributed by atoms with Crippen LogP contribution in [0.15, 0.2) is 0 Å². The first kappa shape index (κ1) is 13.9. The van der Waals surface area contributed by atoms with Crippen LogP contribution < -0.4 is 5.73 Å². The summed E-state index contributed by atoms with van der Waals surface area (Å²) in [4.78, 5) is 2.58. The molecule has 0 amide bonds. The highest BCUT2D eigenvalue weighted by atomic mass is 16.3. The molecule has 96 valence electrons. The smallest absolute Gasteiger partial charge is 0.0608 e. The van der Waals surface area contributed by atoms with E-state index in [9.17, 15) is 0 Å². The van der Waals surface area contributed by atoms with Crippen LogP contribution in [0, 0.1) is 0 Å². The predicted octanol–water partition coefficient (Wildman–Crippen LogP) is 1.74. The van der Waals surface area contributed by atoms with Crippen LogP contribution in [0.25, 0.3) is 0 Å². The van der Waals surface area contributed by atoms with Crippen LogP contribution in [0.3, 0.4) is 0 Å². The average molecular weight is 228 g/mol. The Morgan fingerprint density at radius 3 is 2.81 bits per heavy atom. The lowest BCUT2D eigenvalue weighted by molar-refractivity contribution is 0.174. The molecule has 1 fully saturated rings. The molecule has 1 saturated heterocycles. The van der Waals surface area contributed by atoms with Crippen molar-refractivity contribution in [3.8, 4) is 0 Å². The Bertz CT molecular complexity index is 194. The average Bonchev–Trinajstić information content (AvgIpc) is 2.44. The summed E-state index contributed by atoms with van der Waals surface area (Å²) in [6.07, 6.45) is 7.43. The van der Waals surface area contributed by atoms with Crippen molar-refractivity contribution in [2.75, 3.05) is 19.7 Å². The van der Waals surface area contributed by atoms with Crippen molar-refractivity contribution in [2.24, 2.45) is 5.73 Å². The summed E-state index contributed by atoms with van der Waals surface area (Å²) in [6.45, 7) is 6.72. The number of hydrogen-bond acceptors (Lipinski definition) is 3. The molecule has 1 aliphatic rings. The van der Waals surface area contributed by atoms with Gasteiger partial charge in [-0.25, -0.2) is 0 Å². The molecule has 3 N–H and O–H groups in total. The molecule has 2 unspecified atom stereocenters. The van der Waals surface area contributed by atoms with Gasteiger partial charge in [-0.1, -0.05) is 12.8 Å². The lowest BCUT2D eigenvalue weighted by atomic mass is 9.98. The van der Waals surface area contributed by atoms with Gasteiger partial charge in [0, 0.05) is 11.6 Å². The molecule has 0 bridgehead atoms. The number of aliphatic hydroxyl groups is 1. The molecule has 0 aromatic heterocycles. The molecule has 16 heavy (non-hydrogen) atoms. The second-order valence-corrected chi connectivity index (χ2v) is 5.65. The molecule has 1 rings (SSSR count). The summed E-state index contributed by atoms with van der Waals surface area (Å²) < 4.78 is 0. The molecule has 0 saturated carbocycles. The maximum atomic E-state index is 9.09. The molecule has 3 nitrogen and oxygen atoms in total. The van der Waals surface area contributed by atoms with E-state index in [1.54, 1.807) is 0 Å². The zero-order chi connectivity index (χ0) is 12.0. The van der Waals surface area contributed by atoms with Gasteiger partial charge in [-0.15, -0.1) is 0 Å². The lowest BCUT2D eigenvalue weighted by Gasteiger charge is -2.29. The maximum absolute atomic E-state index is 9.09. The van der Waals surface area contributed by atoms with E-state index < -0.39 is 5.54 Å². The summed E-state index contributed by atoms with van der Waals surface area (Å²) in [7, 11) is 0. The molecule has 2 atom stereocenters. The SMILES string of the molecule is CC1CCCCCN1CCCC(C)(N)CO. The molecule has 0 aromatic carbocycles. The van der Waals surface area contributed by atoms with Crippen LogP contribution in [0.2, 0.25) is 0 Å². The van der Waals surface area contributed by atoms with E-state index in [2.05, 4.69) is 11.8 Å². The molecular formula is C13H28N2O. The van der Waals surface area contributed by atoms with E-state index in [0.717, 1.165) is 25.4 Å². The van der Waals surface area contributed by atoms with Gasteiger partial charge in [-0.3, -0.25) is 0 Å². The van der Waals surface area contributed by atoms with Crippen molar-refractivity contribution in [2.45, 2.75) is 64.0 Å². The Kier molecular flexibility index (Phi) is 5.73. The second-order valence-electron chi connectivity index (χ2n) is 5.65. The second kappa shape index (κ2) is 6.58. The Morgan fingerprint density at radius 2 is 2.12 bits per heavy atom. The summed E-state index contributed by atoms with van der Waals surface area (Å²) in [5.41, 5.74) is 5.53. The van der Waals surface area contributed by atoms with Gasteiger partial charge in [0.2, 0.25) is 0 Å². The monoisotopic (exact) mass is 228 g/mol. The molecule has 3 heteroatoms. The van der Waals surface area contributed by atoms with Crippen LogP contribution in [0.4, 0.5) is 0 Å². The van der Waals surface area contributed by atoms with Gasteiger partial charge >= 0.3 is 0 Å². The zero-order valence-corrected chi connectivity index (χ0v) is 10.9. The minimum atomic E-state index is -0.394. The van der Waals surface area contributed by atoms with Crippen LogP contribution in [-0.4, -0.2) is 41.3 Å². The van der Waals surface area contributed by atoms with E-state index in [-0.39, 0.29) is 6.61 Å². The molecule has 0 radical (unpaired) electrons. The first-order chi connectivity index (χ1) is 7.55. The summed E-state index contributed by atoms with van der Waals surface area (Å²) >= 11 is 0. The fourth-order valence-electron chi connectivity index (χ4n) is 2.43. The van der Waals surface area contributed by atoms with Gasteiger partial charge in [0.15, 0.2) is 0 Å². The van der Waals surface area contributed by atoms with E-state index in [1.165, 1.54) is 32.2 Å². The number of hydrogen-bond donors (Lipinski definition) is 2. The Morgan fingerprint density at radius 1 is 1.38 bits per heavy atom. The van der Waals surface area contributed by atoms with Gasteiger partial charge in [0.05, 0.1) is 6.61 Å². The van der Waals surface area contributed by atoms with Crippen LogP contribution in [-0.2, 0) is 0 Å². The highest BCUT2D eigenvalue weighted by Crippen LogP contribution is 2.17. The fourth-order valence-corrected chi connectivity index (χ4v) is 2.43. The zero-order valence-electron chi connectivity index (χ0n) is 10.9. The summed E-state index contributed by atoms with van der Waals surface area (Å²) in [5, 5.41) is 9.09. The van der Waals surface area contributed by atoms with E-state index in [0.29, 0.717) is 0 Å². The fraction of sp³-hybridized carbons (Fsp3) is 1.00. The minimum absolute atomic E-state index is 0.0859. The molecular weight excluding hydrogens is 200 g/mol. The summed E-state index contributed by atoms with van der Waals surface area (Å²) in [5.74, 6) is 0. The highest BCUT2D eigenvalue weighted by molar-refractivity contribution is 4.79. The van der Waals surface area contributed by atoms with Crippen molar-refractivity contribution < 1.29 is 5.11 Å². The number of nitrogens with two attached hydrogens (primary N) is 1. The molecule has 1 heterocycles. The topological polar surface area (TPSA) is 49.5 Å². The number of aliphatic hydroxyl groups excluding tert-OH is 1. The van der Waals surface area contributed by atoms with E-state index >= 15 is 0 Å². The quantitative estimate of drug-likeness (QED) is 0.753. The number of nitrogens with zero attached hydrogens (tertiary/aromatic N) is 1. The summed E-state index contributed by atoms with van der Waals surface area (Å²) in [6, 6.07) is 0.723. The van der Waals surface area contributed by atoms with Gasteiger partial charge in [-0.05, 0) is 52.6 Å². The highest BCUT2D eigenvalue weighted by Gasteiger charge is 2.19. The van der Waals surface area contributed by atoms with E-state index in [1.807, 2.05) is 6.92 Å². The van der Waals surface area contributed by atoms with Crippen molar-refractivity contribution in [1.82, 2.24) is 4.90 Å². The van der Waals surface area contributed by atoms with Crippen molar-refractivity contribution >= 4 is 0 Å². The number of likely N-dealkylation sites (tertiary alicyclic amines) is 1. The van der Waals surface area contributed by atoms with Gasteiger partial charge in [-0.2, -0.15) is 0 Å². The van der Waals surface area contributed by atoms with Crippen molar-refractivity contribution in [3.63, 3.8) is 0 Å². The van der Waals surface area contributed by atoms with Crippen LogP contribution in [0.1, 0.15) is 52.4 Å². The third-order valence-electron chi connectivity index (χ3n) is 3.74. The number of rotatable bonds is 5. The third kappa shape index (κ3) is 4.81. The first-order valence-electron chi connectivity index (χ1n) is 6.69.